The van der Waals surface area contributed by atoms with Crippen molar-refractivity contribution in [3.05, 3.63) is 12.7 Å². The number of rotatable bonds is 8. The smallest absolute Gasteiger partial charge is 0.320 e. The number of aromatic nitrogens is 4. The summed E-state index contributed by atoms with van der Waals surface area (Å²) < 4.78 is 20.2. The van der Waals surface area contributed by atoms with Gasteiger partial charge in [0.15, 0.2) is 11.5 Å². The third-order valence-corrected chi connectivity index (χ3v) is 5.24. The van der Waals surface area contributed by atoms with Gasteiger partial charge in [0, 0.05) is 0 Å². The summed E-state index contributed by atoms with van der Waals surface area (Å²) in [6, 6.07) is -1.16. The number of nitrogens with one attached hydrogen (secondary N) is 1. The zero-order valence-corrected chi connectivity index (χ0v) is 15.7. The Morgan fingerprint density at radius 3 is 2.86 bits per heavy atom. The van der Waals surface area contributed by atoms with Gasteiger partial charge in [0.1, 0.15) is 49.2 Å². The standard InChI is InChI=1S/C15H21FN6O5S/c1-28-3-2-7(14(25)26)21-15(11(24)10(23)8(4-16)27-15)22-6-20-9-12(17)18-5-19-13(9)22/h5-8,10-11,21,23-24H,2-4H2,1H3,(H,25,26)(H2,17,18,19)/t7-,8+,10+,11+,15-/m0/s1. The van der Waals surface area contributed by atoms with Crippen molar-refractivity contribution in [3.8, 4) is 0 Å². The molecule has 1 saturated heterocycles. The van der Waals surface area contributed by atoms with Crippen molar-refractivity contribution in [3.63, 3.8) is 0 Å². The Hall–Kier alpha value is -2.06. The number of aliphatic hydroxyl groups is 2. The monoisotopic (exact) mass is 416 g/mol. The van der Waals surface area contributed by atoms with Crippen molar-refractivity contribution in [1.29, 1.82) is 0 Å². The maximum atomic E-state index is 13.4. The molecule has 154 valence electrons. The Morgan fingerprint density at radius 1 is 1.50 bits per heavy atom. The molecule has 1 aliphatic rings. The van der Waals surface area contributed by atoms with Gasteiger partial charge in [0.2, 0.25) is 5.85 Å². The normalized spacial score (nSPS) is 28.6. The first-order chi connectivity index (χ1) is 13.4. The fourth-order valence-corrected chi connectivity index (χ4v) is 3.63. The molecule has 28 heavy (non-hydrogen) atoms. The molecule has 0 unspecified atom stereocenters. The van der Waals surface area contributed by atoms with Gasteiger partial charge in [-0.2, -0.15) is 11.8 Å². The average Bonchev–Trinajstić information content (AvgIpc) is 3.21. The summed E-state index contributed by atoms with van der Waals surface area (Å²) in [6.45, 7) is -1.09. The van der Waals surface area contributed by atoms with E-state index in [9.17, 15) is 24.5 Å². The number of hydrogen-bond donors (Lipinski definition) is 5. The summed E-state index contributed by atoms with van der Waals surface area (Å²) in [7, 11) is 0. The molecule has 1 aliphatic heterocycles. The van der Waals surface area contributed by atoms with Crippen molar-refractivity contribution < 1.29 is 29.2 Å². The molecule has 5 atom stereocenters. The van der Waals surface area contributed by atoms with Gasteiger partial charge in [-0.05, 0) is 18.4 Å². The number of carboxylic acids is 1. The van der Waals surface area contributed by atoms with Crippen molar-refractivity contribution >= 4 is 34.7 Å². The van der Waals surface area contributed by atoms with Crippen molar-refractivity contribution in [2.75, 3.05) is 24.4 Å². The second kappa shape index (κ2) is 8.13. The molecule has 0 radical (unpaired) electrons. The van der Waals surface area contributed by atoms with E-state index in [0.29, 0.717) is 5.75 Å². The lowest BCUT2D eigenvalue weighted by atomic mass is 10.1. The van der Waals surface area contributed by atoms with E-state index in [-0.39, 0.29) is 23.4 Å². The van der Waals surface area contributed by atoms with Crippen molar-refractivity contribution in [1.82, 2.24) is 24.8 Å². The molecule has 0 saturated carbocycles. The minimum absolute atomic E-state index is 0.0612. The predicted octanol–water partition coefficient (Wildman–Crippen LogP) is -1.10. The fraction of sp³-hybridized carbons (Fsp3) is 0.600. The van der Waals surface area contributed by atoms with E-state index < -0.39 is 42.8 Å². The van der Waals surface area contributed by atoms with E-state index in [1.54, 1.807) is 0 Å². The van der Waals surface area contributed by atoms with Crippen LogP contribution in [-0.2, 0) is 15.4 Å². The summed E-state index contributed by atoms with van der Waals surface area (Å²) in [5.41, 5.74) is 6.10. The van der Waals surface area contributed by atoms with Crippen LogP contribution < -0.4 is 11.1 Å². The number of carboxylic acid groups (broad SMARTS) is 1. The Balaban J connectivity index is 2.12. The summed E-state index contributed by atoms with van der Waals surface area (Å²) in [6.07, 6.45) is -0.310. The Kier molecular flexibility index (Phi) is 6.00. The number of thioether (sulfide) groups is 1. The highest BCUT2D eigenvalue weighted by Crippen LogP contribution is 2.36. The van der Waals surface area contributed by atoms with Gasteiger partial charge in [-0.15, -0.1) is 0 Å². The molecule has 2 aromatic rings. The number of carbonyl (C=O) groups is 1. The lowest BCUT2D eigenvalue weighted by Gasteiger charge is -2.36. The third-order valence-electron chi connectivity index (χ3n) is 4.60. The molecule has 1 fully saturated rings. The predicted molar refractivity (Wildman–Crippen MR) is 98.1 cm³/mol. The van der Waals surface area contributed by atoms with Crippen LogP contribution in [0.2, 0.25) is 0 Å². The summed E-state index contributed by atoms with van der Waals surface area (Å²) in [5, 5.41) is 33.3. The highest BCUT2D eigenvalue weighted by atomic mass is 32.2. The van der Waals surface area contributed by atoms with Gasteiger partial charge in [-0.25, -0.2) is 19.3 Å². The molecule has 3 rings (SSSR count). The maximum Gasteiger partial charge on any atom is 0.320 e. The first-order valence-corrected chi connectivity index (χ1v) is 9.78. The quantitative estimate of drug-likeness (QED) is 0.354. The lowest BCUT2D eigenvalue weighted by Crippen LogP contribution is -2.61. The van der Waals surface area contributed by atoms with E-state index >= 15 is 0 Å². The molecule has 6 N–H and O–H groups in total. The Labute approximate surface area is 163 Å². The van der Waals surface area contributed by atoms with Gasteiger partial charge in [0.05, 0.1) is 0 Å². The van der Waals surface area contributed by atoms with E-state index in [1.807, 2.05) is 6.26 Å². The molecule has 0 spiro atoms. The minimum Gasteiger partial charge on any atom is -0.480 e. The highest BCUT2D eigenvalue weighted by Gasteiger charge is 2.57. The topological polar surface area (TPSA) is 169 Å². The van der Waals surface area contributed by atoms with Gasteiger partial charge in [0.25, 0.3) is 0 Å². The molecule has 0 aliphatic carbocycles. The SMILES string of the molecule is CSCC[C@H](N[C@@]1(n2cnc3c(N)ncnc32)O[C@H](CF)[C@@H](O)[C@H]1O)C(=O)O. The van der Waals surface area contributed by atoms with Crippen molar-refractivity contribution in [2.24, 2.45) is 0 Å². The number of halogens is 1. The van der Waals surface area contributed by atoms with Gasteiger partial charge >= 0.3 is 5.97 Å². The zero-order chi connectivity index (χ0) is 20.5. The van der Waals surface area contributed by atoms with Crippen LogP contribution in [-0.4, -0.2) is 83.8 Å². The Bertz CT molecular complexity index is 855. The molecule has 13 heteroatoms. The van der Waals surface area contributed by atoms with Crippen molar-refractivity contribution in [2.45, 2.75) is 36.6 Å². The van der Waals surface area contributed by atoms with Crippen LogP contribution in [0.15, 0.2) is 12.7 Å². The lowest BCUT2D eigenvalue weighted by molar-refractivity contribution is -0.177. The largest absolute Gasteiger partial charge is 0.480 e. The van der Waals surface area contributed by atoms with Crippen LogP contribution in [0.4, 0.5) is 10.2 Å². The number of alkyl halides is 1. The van der Waals surface area contributed by atoms with Crippen LogP contribution in [0.1, 0.15) is 6.42 Å². The summed E-state index contributed by atoms with van der Waals surface area (Å²) in [4.78, 5) is 23.7. The molecule has 3 heterocycles. The van der Waals surface area contributed by atoms with Gasteiger partial charge in [-0.3, -0.25) is 14.7 Å². The first-order valence-electron chi connectivity index (χ1n) is 8.39. The molecule has 2 aromatic heterocycles. The van der Waals surface area contributed by atoms with Crippen LogP contribution in [0.3, 0.4) is 0 Å². The number of imidazole rings is 1. The number of ether oxygens (including phenoxy) is 1. The second-order valence-corrected chi connectivity index (χ2v) is 7.29. The summed E-state index contributed by atoms with van der Waals surface area (Å²) >= 11 is 1.44. The van der Waals surface area contributed by atoms with E-state index in [1.165, 1.54) is 22.7 Å². The number of aliphatic hydroxyl groups excluding tert-OH is 2. The molecule has 0 bridgehead atoms. The second-order valence-electron chi connectivity index (χ2n) is 6.30. The minimum atomic E-state index is -2.02. The number of hydrogen-bond acceptors (Lipinski definition) is 10. The number of anilines is 1. The zero-order valence-electron chi connectivity index (χ0n) is 14.9. The summed E-state index contributed by atoms with van der Waals surface area (Å²) in [5.74, 6) is -2.65. The van der Waals surface area contributed by atoms with Crippen LogP contribution in [0.25, 0.3) is 11.2 Å². The van der Waals surface area contributed by atoms with Gasteiger partial charge < -0.3 is 25.8 Å². The van der Waals surface area contributed by atoms with Crippen LogP contribution in [0, 0.1) is 0 Å². The van der Waals surface area contributed by atoms with Gasteiger partial charge in [-0.1, -0.05) is 0 Å². The molecule has 11 nitrogen and oxygen atoms in total. The first kappa shape index (κ1) is 20.7. The van der Waals surface area contributed by atoms with E-state index in [2.05, 4.69) is 20.3 Å². The fourth-order valence-electron chi connectivity index (χ4n) is 3.15. The number of nitrogen functional groups attached to an aromatic ring is 1. The Morgan fingerprint density at radius 2 is 2.25 bits per heavy atom. The molecule has 0 amide bonds. The molecular formula is C15H21FN6O5S. The third kappa shape index (κ3) is 3.39. The average molecular weight is 416 g/mol. The van der Waals surface area contributed by atoms with E-state index in [4.69, 9.17) is 10.5 Å². The highest BCUT2D eigenvalue weighted by molar-refractivity contribution is 7.98. The number of fused-ring (bicyclic) bond motifs is 1. The molecule has 0 aromatic carbocycles. The van der Waals surface area contributed by atoms with Crippen LogP contribution in [0.5, 0.6) is 0 Å². The van der Waals surface area contributed by atoms with Crippen LogP contribution >= 0.6 is 11.8 Å². The van der Waals surface area contributed by atoms with E-state index in [0.717, 1.165) is 6.33 Å². The molecular weight excluding hydrogens is 395 g/mol. The number of nitrogens with zero attached hydrogens (tertiary/aromatic N) is 4. The number of aliphatic carboxylic acids is 1. The number of nitrogens with two attached hydrogens (primary N) is 1. The maximum absolute atomic E-state index is 13.4.